The molecule has 1 aromatic carbocycles. The number of β-amino-alcohol motifs (C(OH)–C–C–N with tert-alkyl or cyclic N) is 1. The maximum atomic E-state index is 15.4. The molecule has 40 heavy (non-hydrogen) atoms. The Labute approximate surface area is 229 Å². The molecule has 4 heterocycles. The number of hydrogen-bond acceptors (Lipinski definition) is 10. The number of methoxy groups -OCH3 is 2. The molecule has 2 saturated heterocycles. The van der Waals surface area contributed by atoms with E-state index in [9.17, 15) is 9.90 Å². The molecule has 2 aromatic heterocycles. The van der Waals surface area contributed by atoms with Crippen LogP contribution in [0.4, 0.5) is 20.5 Å². The summed E-state index contributed by atoms with van der Waals surface area (Å²) in [6.45, 7) is 6.50. The molecule has 0 radical (unpaired) electrons. The summed E-state index contributed by atoms with van der Waals surface area (Å²) in [5.41, 5.74) is -0.996. The van der Waals surface area contributed by atoms with Crippen LogP contribution in [0.1, 0.15) is 13.3 Å². The molecule has 0 saturated carbocycles. The van der Waals surface area contributed by atoms with Crippen molar-refractivity contribution in [2.45, 2.75) is 31.0 Å². The third-order valence-electron chi connectivity index (χ3n) is 7.04. The number of fused-ring (bicyclic) bond motifs is 1. The van der Waals surface area contributed by atoms with Gasteiger partial charge in [-0.25, -0.2) is 23.7 Å². The third kappa shape index (κ3) is 5.21. The van der Waals surface area contributed by atoms with Gasteiger partial charge in [0, 0.05) is 30.7 Å². The van der Waals surface area contributed by atoms with Crippen LogP contribution in [-0.2, 0) is 9.53 Å². The number of aromatic nitrogens is 3. The molecule has 0 aliphatic carbocycles. The van der Waals surface area contributed by atoms with Gasteiger partial charge in [0.2, 0.25) is 11.9 Å². The van der Waals surface area contributed by atoms with Crippen LogP contribution in [0.15, 0.2) is 31.0 Å². The largest absolute Gasteiger partial charge is 0.494 e. The van der Waals surface area contributed by atoms with E-state index in [1.165, 1.54) is 32.6 Å². The Bertz CT molecular complexity index is 1440. The van der Waals surface area contributed by atoms with E-state index in [4.69, 9.17) is 14.2 Å². The van der Waals surface area contributed by atoms with Crippen molar-refractivity contribution in [3.63, 3.8) is 0 Å². The second-order valence-corrected chi connectivity index (χ2v) is 10.0. The summed E-state index contributed by atoms with van der Waals surface area (Å²) in [5, 5.41) is 17.1. The third-order valence-corrected chi connectivity index (χ3v) is 7.04. The molecule has 3 aromatic rings. The average Bonchev–Trinajstić information content (AvgIpc) is 3.53. The molecule has 0 spiro atoms. The summed E-state index contributed by atoms with van der Waals surface area (Å²) < 4.78 is 46.5. The van der Waals surface area contributed by atoms with Crippen molar-refractivity contribution in [1.29, 1.82) is 0 Å². The molecule has 13 heteroatoms. The Morgan fingerprint density at radius 2 is 1.90 bits per heavy atom. The lowest BCUT2D eigenvalue weighted by Crippen LogP contribution is -2.45. The van der Waals surface area contributed by atoms with E-state index < -0.39 is 22.8 Å². The fraction of sp³-hybridized carbons (Fsp3) is 0.407. The van der Waals surface area contributed by atoms with Crippen molar-refractivity contribution >= 4 is 28.6 Å². The van der Waals surface area contributed by atoms with Gasteiger partial charge in [0.15, 0.2) is 29.0 Å². The number of rotatable bonds is 8. The van der Waals surface area contributed by atoms with E-state index in [0.717, 1.165) is 6.07 Å². The molecule has 1 unspecified atom stereocenters. The van der Waals surface area contributed by atoms with E-state index in [1.807, 2.05) is 4.90 Å². The summed E-state index contributed by atoms with van der Waals surface area (Å²) in [4.78, 5) is 27.4. The Morgan fingerprint density at radius 1 is 1.20 bits per heavy atom. The minimum absolute atomic E-state index is 0.0121. The first-order valence-electron chi connectivity index (χ1n) is 12.7. The first-order chi connectivity index (χ1) is 19.1. The van der Waals surface area contributed by atoms with Gasteiger partial charge in [0.1, 0.15) is 5.52 Å². The van der Waals surface area contributed by atoms with Crippen LogP contribution in [0.5, 0.6) is 11.5 Å². The van der Waals surface area contributed by atoms with Gasteiger partial charge in [0.25, 0.3) is 0 Å². The summed E-state index contributed by atoms with van der Waals surface area (Å²) in [7, 11) is 2.55. The van der Waals surface area contributed by atoms with Gasteiger partial charge < -0.3 is 34.9 Å². The van der Waals surface area contributed by atoms with Gasteiger partial charge in [-0.1, -0.05) is 6.58 Å². The Hall–Kier alpha value is -4.10. The van der Waals surface area contributed by atoms with E-state index >= 15 is 8.78 Å². The lowest BCUT2D eigenvalue weighted by Gasteiger charge is -2.23. The van der Waals surface area contributed by atoms with Crippen LogP contribution >= 0.6 is 0 Å². The van der Waals surface area contributed by atoms with Gasteiger partial charge in [0.05, 0.1) is 56.4 Å². The predicted molar refractivity (Wildman–Crippen MR) is 144 cm³/mol. The number of carbonyl (C=O) groups is 1. The smallest absolute Gasteiger partial charge is 0.243 e. The summed E-state index contributed by atoms with van der Waals surface area (Å²) >= 11 is 0. The number of aliphatic hydroxyl groups is 1. The highest BCUT2D eigenvalue weighted by Crippen LogP contribution is 2.40. The Morgan fingerprint density at radius 3 is 2.52 bits per heavy atom. The molecule has 212 valence electrons. The zero-order valence-electron chi connectivity index (χ0n) is 22.3. The maximum absolute atomic E-state index is 15.4. The van der Waals surface area contributed by atoms with E-state index in [-0.39, 0.29) is 47.7 Å². The number of carbonyl (C=O) groups excluding carboxylic acids is 1. The molecular weight excluding hydrogens is 526 g/mol. The summed E-state index contributed by atoms with van der Waals surface area (Å²) in [6, 6.07) is 1.99. The van der Waals surface area contributed by atoms with Crippen LogP contribution in [0.25, 0.3) is 22.2 Å². The van der Waals surface area contributed by atoms with Crippen LogP contribution in [0, 0.1) is 11.6 Å². The zero-order valence-corrected chi connectivity index (χ0v) is 22.3. The van der Waals surface area contributed by atoms with Crippen LogP contribution in [0.3, 0.4) is 0 Å². The van der Waals surface area contributed by atoms with Gasteiger partial charge in [-0.15, -0.1) is 0 Å². The lowest BCUT2D eigenvalue weighted by atomic mass is 10.1. The predicted octanol–water partition coefficient (Wildman–Crippen LogP) is 2.43. The van der Waals surface area contributed by atoms with Crippen LogP contribution < -0.4 is 25.0 Å². The molecule has 3 atom stereocenters. The van der Waals surface area contributed by atoms with Gasteiger partial charge in [-0.2, -0.15) is 0 Å². The molecule has 1 amide bonds. The highest BCUT2D eigenvalue weighted by molar-refractivity contribution is 5.92. The quantitative estimate of drug-likeness (QED) is 0.356. The number of halogens is 2. The van der Waals surface area contributed by atoms with Crippen LogP contribution in [0.2, 0.25) is 0 Å². The zero-order chi connectivity index (χ0) is 28.6. The fourth-order valence-electron chi connectivity index (χ4n) is 4.92. The number of ether oxygens (including phenoxy) is 3. The molecule has 3 N–H and O–H groups in total. The SMILES string of the molecule is C=CC(=O)N[C@H]1COC[C@H]1Nc1ncc2cc(-c3c(F)c(OC)cc(OC)c3F)nc(N3CCC(C)(O)C3)c2n1. The minimum Gasteiger partial charge on any atom is -0.494 e. The topological polar surface area (TPSA) is 131 Å². The van der Waals surface area contributed by atoms with E-state index in [0.29, 0.717) is 42.9 Å². The molecular formula is C27H30F2N6O5. The second kappa shape index (κ2) is 10.8. The van der Waals surface area contributed by atoms with Crippen molar-refractivity contribution in [3.05, 3.63) is 42.6 Å². The number of nitrogens with zero attached hydrogens (tertiary/aromatic N) is 4. The van der Waals surface area contributed by atoms with Crippen molar-refractivity contribution in [1.82, 2.24) is 20.3 Å². The number of amides is 1. The van der Waals surface area contributed by atoms with Crippen molar-refractivity contribution in [3.8, 4) is 22.8 Å². The number of hydrogen-bond donors (Lipinski definition) is 3. The van der Waals surface area contributed by atoms with E-state index in [2.05, 4.69) is 32.2 Å². The summed E-state index contributed by atoms with van der Waals surface area (Å²) in [5.74, 6) is -2.00. The molecule has 5 rings (SSSR count). The average molecular weight is 557 g/mol. The van der Waals surface area contributed by atoms with Gasteiger partial charge >= 0.3 is 0 Å². The van der Waals surface area contributed by atoms with E-state index in [1.54, 1.807) is 6.92 Å². The first kappa shape index (κ1) is 27.5. The molecule has 11 nitrogen and oxygen atoms in total. The Balaban J connectivity index is 1.60. The normalized spacial score (nSPS) is 22.4. The first-order valence-corrected chi connectivity index (χ1v) is 12.7. The number of anilines is 2. The van der Waals surface area contributed by atoms with Gasteiger partial charge in [-0.3, -0.25) is 4.79 Å². The molecule has 2 aliphatic heterocycles. The molecule has 2 aliphatic rings. The highest BCUT2D eigenvalue weighted by atomic mass is 19.1. The van der Waals surface area contributed by atoms with Gasteiger partial charge in [-0.05, 0) is 25.5 Å². The van der Waals surface area contributed by atoms with Crippen molar-refractivity contribution in [2.24, 2.45) is 0 Å². The van der Waals surface area contributed by atoms with Crippen molar-refractivity contribution < 1.29 is 32.9 Å². The fourth-order valence-corrected chi connectivity index (χ4v) is 4.92. The highest BCUT2D eigenvalue weighted by Gasteiger charge is 2.35. The Kier molecular flexibility index (Phi) is 7.43. The lowest BCUT2D eigenvalue weighted by molar-refractivity contribution is -0.117. The monoisotopic (exact) mass is 556 g/mol. The standard InChI is InChI=1S/C27H30F2N6O5/c1-5-20(36)31-16-11-40-12-17(16)33-26-30-10-14-8-15(21-22(28)18(38-3)9-19(39-4)23(21)29)32-25(24(14)34-26)35-7-6-27(2,37)13-35/h5,8-10,16-17,37H,1,6-7,11-13H2,2-4H3,(H,31,36)(H,30,33,34)/t16-,17+,27?/m0/s1. The molecule has 2 fully saturated rings. The van der Waals surface area contributed by atoms with Crippen molar-refractivity contribution in [2.75, 3.05) is 50.7 Å². The number of nitrogens with one attached hydrogen (secondary N) is 2. The van der Waals surface area contributed by atoms with Crippen LogP contribution in [-0.4, -0.2) is 84.2 Å². The summed E-state index contributed by atoms with van der Waals surface area (Å²) in [6.07, 6.45) is 3.18. The number of pyridine rings is 1. The molecule has 0 bridgehead atoms. The maximum Gasteiger partial charge on any atom is 0.243 e. The number of benzene rings is 1. The second-order valence-electron chi connectivity index (χ2n) is 10.0. The minimum atomic E-state index is -0.981.